The van der Waals surface area contributed by atoms with Crippen LogP contribution in [-0.4, -0.2) is 38.0 Å². The Morgan fingerprint density at radius 1 is 1.18 bits per heavy atom. The monoisotopic (exact) mass is 347 g/mol. The van der Waals surface area contributed by atoms with Crippen molar-refractivity contribution in [3.05, 3.63) is 35.4 Å². The van der Waals surface area contributed by atoms with Crippen LogP contribution in [0, 0.1) is 6.92 Å². The number of ketones is 1. The van der Waals surface area contributed by atoms with Crippen LogP contribution < -0.4 is 24.0 Å². The first-order valence-corrected chi connectivity index (χ1v) is 5.67. The topological polar surface area (TPSA) is 17.1 Å². The third-order valence-electron chi connectivity index (χ3n) is 2.70. The number of benzene rings is 1. The Balaban J connectivity index is 0.00000256. The fourth-order valence-electron chi connectivity index (χ4n) is 1.82. The Bertz CT molecular complexity index is 365. The summed E-state index contributed by atoms with van der Waals surface area (Å²) in [6, 6.07) is 8.27. The number of likely N-dealkylation sites (N-methyl/N-ethyl adjacent to an activating group) is 1. The third-order valence-corrected chi connectivity index (χ3v) is 2.70. The SMILES string of the molecule is CC(=O)C(C[N+](C)(C)C)c1ccc(C)cc1.[I-]. The van der Waals surface area contributed by atoms with Gasteiger partial charge in [-0.05, 0) is 19.4 Å². The zero-order valence-electron chi connectivity index (χ0n) is 11.3. The van der Waals surface area contributed by atoms with Crippen molar-refractivity contribution >= 4 is 5.78 Å². The molecule has 0 amide bonds. The Morgan fingerprint density at radius 2 is 1.65 bits per heavy atom. The van der Waals surface area contributed by atoms with Crippen LogP contribution in [0.2, 0.25) is 0 Å². The first-order chi connectivity index (χ1) is 7.29. The summed E-state index contributed by atoms with van der Waals surface area (Å²) in [5, 5.41) is 0. The van der Waals surface area contributed by atoms with Crippen LogP contribution in [0.1, 0.15) is 24.0 Å². The van der Waals surface area contributed by atoms with Crippen LogP contribution in [0.25, 0.3) is 0 Å². The zero-order chi connectivity index (χ0) is 12.3. The number of Topliss-reactive ketones (excluding diaryl/α,β-unsaturated/α-hetero) is 1. The molecule has 3 heteroatoms. The van der Waals surface area contributed by atoms with Gasteiger partial charge in [0.2, 0.25) is 0 Å². The normalized spacial score (nSPS) is 12.8. The van der Waals surface area contributed by atoms with E-state index in [0.29, 0.717) is 0 Å². The molecule has 0 radical (unpaired) electrons. The fourth-order valence-corrected chi connectivity index (χ4v) is 1.82. The van der Waals surface area contributed by atoms with Gasteiger partial charge < -0.3 is 28.5 Å². The minimum atomic E-state index is 0. The van der Waals surface area contributed by atoms with Crippen LogP contribution in [0.15, 0.2) is 24.3 Å². The van der Waals surface area contributed by atoms with Crippen LogP contribution in [0.4, 0.5) is 0 Å². The molecule has 96 valence electrons. The molecule has 0 aromatic heterocycles. The summed E-state index contributed by atoms with van der Waals surface area (Å²) >= 11 is 0. The summed E-state index contributed by atoms with van der Waals surface area (Å²) in [5.74, 6) is 0.262. The van der Waals surface area contributed by atoms with Gasteiger partial charge in [0.15, 0.2) is 0 Å². The quantitative estimate of drug-likeness (QED) is 0.524. The number of rotatable bonds is 4. The minimum Gasteiger partial charge on any atom is -1.00 e. The highest BCUT2D eigenvalue weighted by Crippen LogP contribution is 2.20. The molecule has 1 atom stereocenters. The molecule has 0 aliphatic rings. The Labute approximate surface area is 122 Å². The highest BCUT2D eigenvalue weighted by Gasteiger charge is 2.23. The molecule has 17 heavy (non-hydrogen) atoms. The first-order valence-electron chi connectivity index (χ1n) is 5.67. The van der Waals surface area contributed by atoms with Crippen molar-refractivity contribution in [2.24, 2.45) is 0 Å². The van der Waals surface area contributed by atoms with E-state index in [1.54, 1.807) is 6.92 Å². The van der Waals surface area contributed by atoms with Crippen molar-refractivity contribution < 1.29 is 33.3 Å². The molecule has 0 saturated carbocycles. The van der Waals surface area contributed by atoms with Gasteiger partial charge in [0.25, 0.3) is 0 Å². The standard InChI is InChI=1S/C14H22NO.HI/c1-11-6-8-13(9-7-11)14(12(2)16)10-15(3,4)5;/h6-9,14H,10H2,1-5H3;1H/q+1;/p-1. The third kappa shape index (κ3) is 5.64. The van der Waals surface area contributed by atoms with Crippen molar-refractivity contribution in [3.8, 4) is 0 Å². The van der Waals surface area contributed by atoms with Gasteiger partial charge in [-0.2, -0.15) is 0 Å². The number of nitrogens with zero attached hydrogens (tertiary/aromatic N) is 1. The molecule has 1 unspecified atom stereocenters. The predicted octanol–water partition coefficient (Wildman–Crippen LogP) is -0.622. The molecule has 0 spiro atoms. The van der Waals surface area contributed by atoms with Gasteiger partial charge in [-0.15, -0.1) is 0 Å². The van der Waals surface area contributed by atoms with E-state index >= 15 is 0 Å². The molecule has 1 rings (SSSR count). The Hall–Kier alpha value is -0.420. The predicted molar refractivity (Wildman–Crippen MR) is 67.5 cm³/mol. The minimum absolute atomic E-state index is 0. The molecule has 0 bridgehead atoms. The van der Waals surface area contributed by atoms with Gasteiger partial charge in [0.05, 0.1) is 33.6 Å². The summed E-state index contributed by atoms with van der Waals surface area (Å²) in [7, 11) is 6.35. The lowest BCUT2D eigenvalue weighted by molar-refractivity contribution is -0.870. The van der Waals surface area contributed by atoms with Gasteiger partial charge in [-0.25, -0.2) is 0 Å². The van der Waals surface area contributed by atoms with Crippen molar-refractivity contribution in [1.29, 1.82) is 0 Å². The van der Waals surface area contributed by atoms with E-state index < -0.39 is 0 Å². The molecular weight excluding hydrogens is 325 g/mol. The molecule has 2 nitrogen and oxygen atoms in total. The largest absolute Gasteiger partial charge is 1.00 e. The summed E-state index contributed by atoms with van der Waals surface area (Å²) < 4.78 is 0.804. The zero-order valence-corrected chi connectivity index (χ0v) is 13.5. The van der Waals surface area contributed by atoms with E-state index in [2.05, 4.69) is 52.3 Å². The Kier molecular flexibility index (Phi) is 6.34. The van der Waals surface area contributed by atoms with Crippen LogP contribution in [-0.2, 0) is 4.79 Å². The molecule has 0 aliphatic heterocycles. The van der Waals surface area contributed by atoms with Gasteiger partial charge in [-0.1, -0.05) is 29.8 Å². The van der Waals surface area contributed by atoms with Crippen molar-refractivity contribution in [2.75, 3.05) is 27.7 Å². The second-order valence-electron chi connectivity index (χ2n) is 5.55. The van der Waals surface area contributed by atoms with E-state index in [9.17, 15) is 4.79 Å². The van der Waals surface area contributed by atoms with E-state index in [-0.39, 0.29) is 35.7 Å². The molecule has 1 aromatic carbocycles. The van der Waals surface area contributed by atoms with Crippen molar-refractivity contribution in [2.45, 2.75) is 19.8 Å². The summed E-state index contributed by atoms with van der Waals surface area (Å²) in [6.07, 6.45) is 0. The van der Waals surface area contributed by atoms with Crippen LogP contribution >= 0.6 is 0 Å². The number of carbonyl (C=O) groups excluding carboxylic acids is 1. The van der Waals surface area contributed by atoms with Gasteiger partial charge in [-0.3, -0.25) is 4.79 Å². The van der Waals surface area contributed by atoms with Crippen LogP contribution in [0.3, 0.4) is 0 Å². The fraction of sp³-hybridized carbons (Fsp3) is 0.500. The smallest absolute Gasteiger partial charge is 0.142 e. The number of carbonyl (C=O) groups is 1. The highest BCUT2D eigenvalue weighted by atomic mass is 127. The highest BCUT2D eigenvalue weighted by molar-refractivity contribution is 5.83. The number of aryl methyl sites for hydroxylation is 1. The molecule has 1 aromatic rings. The van der Waals surface area contributed by atoms with Gasteiger partial charge in [0.1, 0.15) is 5.78 Å². The lowest BCUT2D eigenvalue weighted by Gasteiger charge is -2.28. The van der Waals surface area contributed by atoms with Crippen molar-refractivity contribution in [3.63, 3.8) is 0 Å². The first kappa shape index (κ1) is 16.6. The van der Waals surface area contributed by atoms with Crippen molar-refractivity contribution in [1.82, 2.24) is 0 Å². The second-order valence-corrected chi connectivity index (χ2v) is 5.55. The van der Waals surface area contributed by atoms with Gasteiger partial charge >= 0.3 is 0 Å². The lowest BCUT2D eigenvalue weighted by Crippen LogP contribution is -3.00. The maximum Gasteiger partial charge on any atom is 0.142 e. The Morgan fingerprint density at radius 3 is 2.00 bits per heavy atom. The van der Waals surface area contributed by atoms with E-state index in [1.165, 1.54) is 5.56 Å². The second kappa shape index (κ2) is 6.50. The van der Waals surface area contributed by atoms with Crippen LogP contribution in [0.5, 0.6) is 0 Å². The number of quaternary nitrogens is 1. The molecular formula is C14H22INO. The number of hydrogen-bond acceptors (Lipinski definition) is 1. The maximum atomic E-state index is 11.7. The summed E-state index contributed by atoms with van der Waals surface area (Å²) in [6.45, 7) is 4.59. The molecule has 0 heterocycles. The molecule has 0 N–H and O–H groups in total. The van der Waals surface area contributed by atoms with E-state index in [1.807, 2.05) is 0 Å². The summed E-state index contributed by atoms with van der Waals surface area (Å²) in [4.78, 5) is 11.7. The molecule has 0 fully saturated rings. The molecule has 0 aliphatic carbocycles. The van der Waals surface area contributed by atoms with Gasteiger partial charge in [0, 0.05) is 0 Å². The lowest BCUT2D eigenvalue weighted by atomic mass is 9.94. The van der Waals surface area contributed by atoms with E-state index in [4.69, 9.17) is 0 Å². The molecule has 0 saturated heterocycles. The maximum absolute atomic E-state index is 11.7. The average Bonchev–Trinajstić information content (AvgIpc) is 2.14. The van der Waals surface area contributed by atoms with E-state index in [0.717, 1.165) is 16.6 Å². The number of hydrogen-bond donors (Lipinski definition) is 0. The summed E-state index contributed by atoms with van der Waals surface area (Å²) in [5.41, 5.74) is 2.36. The average molecular weight is 347 g/mol. The number of halogens is 1.